The van der Waals surface area contributed by atoms with E-state index < -0.39 is 28.3 Å². The zero-order chi connectivity index (χ0) is 20.0. The van der Waals surface area contributed by atoms with Crippen molar-refractivity contribution in [1.29, 1.82) is 0 Å². The van der Waals surface area contributed by atoms with Gasteiger partial charge in [0.1, 0.15) is 0 Å². The highest BCUT2D eigenvalue weighted by Gasteiger charge is 2.18. The van der Waals surface area contributed by atoms with Crippen LogP contribution in [-0.2, 0) is 24.2 Å². The van der Waals surface area contributed by atoms with Gasteiger partial charge < -0.3 is 10.1 Å². The first-order valence-corrected chi connectivity index (χ1v) is 10.2. The minimum absolute atomic E-state index is 0.161. The number of hydrogen-bond donors (Lipinski definition) is 1. The highest BCUT2D eigenvalue weighted by Crippen LogP contribution is 2.19. The predicted molar refractivity (Wildman–Crippen MR) is 103 cm³/mol. The van der Waals surface area contributed by atoms with Gasteiger partial charge in [0.15, 0.2) is 16.4 Å². The molecule has 0 aliphatic heterocycles. The summed E-state index contributed by atoms with van der Waals surface area (Å²) in [4.78, 5) is 23.9. The Bertz CT molecular complexity index is 913. The molecule has 0 fully saturated rings. The highest BCUT2D eigenvalue weighted by atomic mass is 32.2. The number of amides is 1. The fraction of sp³-hybridized carbons (Fsp3) is 0.300. The largest absolute Gasteiger partial charge is 0.456 e. The Kier molecular flexibility index (Phi) is 6.74. The lowest BCUT2D eigenvalue weighted by Gasteiger charge is -2.11. The molecule has 0 aromatic heterocycles. The van der Waals surface area contributed by atoms with Crippen molar-refractivity contribution in [3.63, 3.8) is 0 Å². The number of carbonyl (C=O) groups is 2. The molecule has 0 saturated carbocycles. The number of aryl methyl sites for hydroxylation is 3. The van der Waals surface area contributed by atoms with E-state index >= 15 is 0 Å². The van der Waals surface area contributed by atoms with Crippen LogP contribution in [0.4, 0.5) is 5.69 Å². The van der Waals surface area contributed by atoms with Gasteiger partial charge in [-0.1, -0.05) is 35.9 Å². The highest BCUT2D eigenvalue weighted by molar-refractivity contribution is 7.91. The minimum atomic E-state index is -3.57. The van der Waals surface area contributed by atoms with Gasteiger partial charge in [0.2, 0.25) is 0 Å². The van der Waals surface area contributed by atoms with Crippen LogP contribution in [0.1, 0.15) is 23.1 Å². The van der Waals surface area contributed by atoms with Crippen LogP contribution in [0.15, 0.2) is 47.4 Å². The van der Waals surface area contributed by atoms with E-state index in [4.69, 9.17) is 4.74 Å². The molecule has 144 valence electrons. The summed E-state index contributed by atoms with van der Waals surface area (Å²) < 4.78 is 29.3. The third kappa shape index (κ3) is 5.92. The fourth-order valence-corrected chi connectivity index (χ4v) is 3.71. The second kappa shape index (κ2) is 8.81. The van der Waals surface area contributed by atoms with Crippen LogP contribution in [0.3, 0.4) is 0 Å². The number of hydrogen-bond acceptors (Lipinski definition) is 5. The molecule has 6 nitrogen and oxygen atoms in total. The number of sulfone groups is 1. The Labute approximate surface area is 159 Å². The molecule has 0 spiro atoms. The van der Waals surface area contributed by atoms with Crippen molar-refractivity contribution < 1.29 is 22.7 Å². The van der Waals surface area contributed by atoms with Crippen LogP contribution in [0.25, 0.3) is 0 Å². The van der Waals surface area contributed by atoms with Gasteiger partial charge in [-0.15, -0.1) is 0 Å². The van der Waals surface area contributed by atoms with Gasteiger partial charge in [-0.05, 0) is 44.0 Å². The number of rotatable bonds is 7. The first kappa shape index (κ1) is 20.6. The van der Waals surface area contributed by atoms with E-state index in [9.17, 15) is 18.0 Å². The number of carbonyl (C=O) groups excluding carboxylic acids is 2. The normalized spacial score (nSPS) is 11.1. The van der Waals surface area contributed by atoms with E-state index in [0.29, 0.717) is 5.69 Å². The second-order valence-electron chi connectivity index (χ2n) is 6.36. The average molecular weight is 389 g/mol. The van der Waals surface area contributed by atoms with Gasteiger partial charge in [0.05, 0.1) is 17.1 Å². The van der Waals surface area contributed by atoms with Crippen molar-refractivity contribution >= 4 is 27.4 Å². The molecule has 2 rings (SSSR count). The SMILES string of the molecule is Cc1ccc(S(=O)(=O)CCC(=O)OCC(=O)Nc2c(C)cccc2C)cc1. The molecule has 0 unspecified atom stereocenters. The molecule has 0 heterocycles. The summed E-state index contributed by atoms with van der Waals surface area (Å²) in [5.74, 6) is -1.57. The molecule has 0 bridgehead atoms. The quantitative estimate of drug-likeness (QED) is 0.736. The van der Waals surface area contributed by atoms with Gasteiger partial charge in [-0.2, -0.15) is 0 Å². The standard InChI is InChI=1S/C20H23NO5S/c1-14-7-9-17(10-8-14)27(24,25)12-11-19(23)26-13-18(22)21-20-15(2)5-4-6-16(20)3/h4-10H,11-13H2,1-3H3,(H,21,22). The Balaban J connectivity index is 1.84. The van der Waals surface area contributed by atoms with Crippen molar-refractivity contribution in [3.05, 3.63) is 59.2 Å². The lowest BCUT2D eigenvalue weighted by molar-refractivity contribution is -0.146. The second-order valence-corrected chi connectivity index (χ2v) is 8.47. The predicted octanol–water partition coefficient (Wildman–Crippen LogP) is 2.96. The van der Waals surface area contributed by atoms with E-state index in [-0.39, 0.29) is 17.1 Å². The maximum atomic E-state index is 12.2. The first-order valence-electron chi connectivity index (χ1n) is 8.50. The van der Waals surface area contributed by atoms with Crippen molar-refractivity contribution in [2.75, 3.05) is 17.7 Å². The molecule has 0 radical (unpaired) electrons. The van der Waals surface area contributed by atoms with Crippen LogP contribution >= 0.6 is 0 Å². The van der Waals surface area contributed by atoms with E-state index in [0.717, 1.165) is 16.7 Å². The molecule has 0 aliphatic carbocycles. The van der Waals surface area contributed by atoms with E-state index in [2.05, 4.69) is 5.32 Å². The summed E-state index contributed by atoms with van der Waals surface area (Å²) in [5.41, 5.74) is 3.43. The lowest BCUT2D eigenvalue weighted by atomic mass is 10.1. The van der Waals surface area contributed by atoms with E-state index in [1.165, 1.54) is 12.1 Å². The summed E-state index contributed by atoms with van der Waals surface area (Å²) in [6, 6.07) is 12.0. The van der Waals surface area contributed by atoms with Crippen LogP contribution in [0, 0.1) is 20.8 Å². The van der Waals surface area contributed by atoms with Crippen molar-refractivity contribution in [1.82, 2.24) is 0 Å². The zero-order valence-corrected chi connectivity index (χ0v) is 16.4. The number of para-hydroxylation sites is 1. The molecule has 0 saturated heterocycles. The molecule has 7 heteroatoms. The number of benzene rings is 2. The van der Waals surface area contributed by atoms with Crippen molar-refractivity contribution in [2.45, 2.75) is 32.1 Å². The van der Waals surface area contributed by atoms with E-state index in [1.54, 1.807) is 12.1 Å². The Morgan fingerprint density at radius 2 is 1.56 bits per heavy atom. The van der Waals surface area contributed by atoms with Gasteiger partial charge in [-0.25, -0.2) is 8.42 Å². The van der Waals surface area contributed by atoms with E-state index in [1.807, 2.05) is 39.0 Å². The van der Waals surface area contributed by atoms with Crippen LogP contribution in [-0.4, -0.2) is 32.7 Å². The van der Waals surface area contributed by atoms with Gasteiger partial charge >= 0.3 is 5.97 Å². The van der Waals surface area contributed by atoms with Crippen LogP contribution in [0.5, 0.6) is 0 Å². The molecule has 2 aromatic carbocycles. The molecule has 2 aromatic rings. The summed E-state index contributed by atoms with van der Waals surface area (Å²) >= 11 is 0. The molecular formula is C20H23NO5S. The zero-order valence-electron chi connectivity index (χ0n) is 15.6. The van der Waals surface area contributed by atoms with Crippen molar-refractivity contribution in [2.24, 2.45) is 0 Å². The molecule has 1 N–H and O–H groups in total. The van der Waals surface area contributed by atoms with Crippen molar-refractivity contribution in [3.8, 4) is 0 Å². The van der Waals surface area contributed by atoms with Gasteiger partial charge in [0.25, 0.3) is 5.91 Å². The number of esters is 1. The molecule has 1 amide bonds. The number of nitrogens with one attached hydrogen (secondary N) is 1. The Morgan fingerprint density at radius 3 is 2.15 bits per heavy atom. The Morgan fingerprint density at radius 1 is 0.963 bits per heavy atom. The first-order chi connectivity index (χ1) is 12.7. The van der Waals surface area contributed by atoms with Gasteiger partial charge in [0, 0.05) is 5.69 Å². The van der Waals surface area contributed by atoms with Gasteiger partial charge in [-0.3, -0.25) is 9.59 Å². The Hall–Kier alpha value is -2.67. The molecule has 0 atom stereocenters. The molecular weight excluding hydrogens is 366 g/mol. The number of ether oxygens (including phenoxy) is 1. The monoisotopic (exact) mass is 389 g/mol. The third-order valence-corrected chi connectivity index (χ3v) is 5.80. The summed E-state index contributed by atoms with van der Waals surface area (Å²) in [5, 5.41) is 2.70. The third-order valence-electron chi connectivity index (χ3n) is 4.06. The summed E-state index contributed by atoms with van der Waals surface area (Å²) in [6.07, 6.45) is -0.313. The lowest BCUT2D eigenvalue weighted by Crippen LogP contribution is -2.22. The average Bonchev–Trinajstić information content (AvgIpc) is 2.62. The number of anilines is 1. The summed E-state index contributed by atoms with van der Waals surface area (Å²) in [7, 11) is -3.57. The topological polar surface area (TPSA) is 89.5 Å². The maximum absolute atomic E-state index is 12.2. The minimum Gasteiger partial charge on any atom is -0.456 e. The molecule has 27 heavy (non-hydrogen) atoms. The molecule has 0 aliphatic rings. The smallest absolute Gasteiger partial charge is 0.307 e. The fourth-order valence-electron chi connectivity index (χ4n) is 2.49. The summed E-state index contributed by atoms with van der Waals surface area (Å²) in [6.45, 7) is 5.13. The van der Waals surface area contributed by atoms with Crippen LogP contribution < -0.4 is 5.32 Å². The maximum Gasteiger partial charge on any atom is 0.307 e. The van der Waals surface area contributed by atoms with Crippen LogP contribution in [0.2, 0.25) is 0 Å².